The molecule has 2 heteroatoms. The molecular formula is C27H52O2. The predicted molar refractivity (Wildman–Crippen MR) is 130 cm³/mol. The molecule has 0 radical (unpaired) electrons. The third-order valence-electron chi connectivity index (χ3n) is 5.29. The van der Waals surface area contributed by atoms with Gasteiger partial charge in [0.2, 0.25) is 0 Å². The molecule has 0 aromatic heterocycles. The van der Waals surface area contributed by atoms with Gasteiger partial charge in [0.1, 0.15) is 6.79 Å². The monoisotopic (exact) mass is 408 g/mol. The Bertz CT molecular complexity index is 335. The van der Waals surface area contributed by atoms with Gasteiger partial charge in [-0.05, 0) is 44.9 Å². The van der Waals surface area contributed by atoms with Gasteiger partial charge < -0.3 is 9.47 Å². The van der Waals surface area contributed by atoms with E-state index in [2.05, 4.69) is 38.2 Å². The van der Waals surface area contributed by atoms with E-state index in [9.17, 15) is 0 Å². The fraction of sp³-hybridized carbons (Fsp3) is 0.852. The molecule has 0 unspecified atom stereocenters. The Morgan fingerprint density at radius 1 is 0.414 bits per heavy atom. The number of ether oxygens (including phenoxy) is 2. The summed E-state index contributed by atoms with van der Waals surface area (Å²) in [6, 6.07) is 0. The summed E-state index contributed by atoms with van der Waals surface area (Å²) in [5, 5.41) is 0. The summed E-state index contributed by atoms with van der Waals surface area (Å²) in [4.78, 5) is 0. The Morgan fingerprint density at radius 3 is 1.48 bits per heavy atom. The zero-order valence-electron chi connectivity index (χ0n) is 20.0. The fourth-order valence-electron chi connectivity index (χ4n) is 3.34. The van der Waals surface area contributed by atoms with Crippen molar-refractivity contribution in [3.63, 3.8) is 0 Å². The molecule has 29 heavy (non-hydrogen) atoms. The molecule has 2 nitrogen and oxygen atoms in total. The topological polar surface area (TPSA) is 18.5 Å². The first-order valence-electron chi connectivity index (χ1n) is 12.9. The molecule has 0 aliphatic heterocycles. The smallest absolute Gasteiger partial charge is 0.146 e. The van der Waals surface area contributed by atoms with E-state index >= 15 is 0 Å². The molecule has 0 atom stereocenters. The minimum Gasteiger partial charge on any atom is -0.355 e. The Labute approximate surface area is 183 Å². The molecule has 0 amide bonds. The summed E-state index contributed by atoms with van der Waals surface area (Å²) in [5.41, 5.74) is 0. The van der Waals surface area contributed by atoms with Gasteiger partial charge in [0.05, 0.1) is 6.61 Å². The van der Waals surface area contributed by atoms with E-state index in [0.717, 1.165) is 19.6 Å². The maximum atomic E-state index is 5.52. The molecule has 0 heterocycles. The van der Waals surface area contributed by atoms with Gasteiger partial charge in [0, 0.05) is 6.61 Å². The van der Waals surface area contributed by atoms with E-state index in [-0.39, 0.29) is 0 Å². The Kier molecular flexibility index (Phi) is 26.8. The molecular weight excluding hydrogens is 356 g/mol. The van der Waals surface area contributed by atoms with Crippen LogP contribution in [0.1, 0.15) is 129 Å². The van der Waals surface area contributed by atoms with Crippen LogP contribution in [0, 0.1) is 0 Å². The normalized spacial score (nSPS) is 11.9. The first-order valence-corrected chi connectivity index (χ1v) is 12.9. The lowest BCUT2D eigenvalue weighted by Gasteiger charge is -2.04. The molecule has 0 saturated heterocycles. The Balaban J connectivity index is 3.10. The summed E-state index contributed by atoms with van der Waals surface area (Å²) in [6.45, 7) is 6.59. The summed E-state index contributed by atoms with van der Waals surface area (Å²) < 4.78 is 11.0. The summed E-state index contributed by atoms with van der Waals surface area (Å²) >= 11 is 0. The van der Waals surface area contributed by atoms with Crippen molar-refractivity contribution < 1.29 is 9.47 Å². The number of unbranched alkanes of at least 4 members (excludes halogenated alkanes) is 14. The van der Waals surface area contributed by atoms with Crippen LogP contribution in [0.25, 0.3) is 0 Å². The number of hydrogen-bond donors (Lipinski definition) is 0. The predicted octanol–water partition coefficient (Wildman–Crippen LogP) is 9.15. The van der Waals surface area contributed by atoms with Gasteiger partial charge >= 0.3 is 0 Å². The van der Waals surface area contributed by atoms with E-state index < -0.39 is 0 Å². The molecule has 0 aliphatic rings. The SMILES string of the molecule is CCCC/C=C/CCCCCCCC/C=C\CCOCOCCCCCCCC. The van der Waals surface area contributed by atoms with Gasteiger partial charge in [-0.1, -0.05) is 109 Å². The van der Waals surface area contributed by atoms with Crippen LogP contribution in [0.4, 0.5) is 0 Å². The lowest BCUT2D eigenvalue weighted by Crippen LogP contribution is -2.02. The van der Waals surface area contributed by atoms with E-state index in [1.807, 2.05) is 0 Å². The highest BCUT2D eigenvalue weighted by Crippen LogP contribution is 2.10. The number of rotatable bonds is 24. The largest absolute Gasteiger partial charge is 0.355 e. The molecule has 0 saturated carbocycles. The zero-order chi connectivity index (χ0) is 21.1. The van der Waals surface area contributed by atoms with Crippen LogP contribution < -0.4 is 0 Å². The van der Waals surface area contributed by atoms with Crippen LogP contribution >= 0.6 is 0 Å². The van der Waals surface area contributed by atoms with Crippen molar-refractivity contribution in [3.05, 3.63) is 24.3 Å². The van der Waals surface area contributed by atoms with Gasteiger partial charge in [-0.3, -0.25) is 0 Å². The fourth-order valence-corrected chi connectivity index (χ4v) is 3.34. The van der Waals surface area contributed by atoms with E-state index in [4.69, 9.17) is 9.47 Å². The van der Waals surface area contributed by atoms with Crippen molar-refractivity contribution in [1.29, 1.82) is 0 Å². The highest BCUT2D eigenvalue weighted by molar-refractivity contribution is 4.82. The van der Waals surface area contributed by atoms with Gasteiger partial charge in [-0.25, -0.2) is 0 Å². The molecule has 0 aromatic rings. The molecule has 0 N–H and O–H groups in total. The molecule has 172 valence electrons. The standard InChI is InChI=1S/C27H52O2/c1-3-5-7-9-11-12-13-14-15-16-17-18-19-20-22-24-26-29-27-28-25-23-21-10-8-6-4-2/h9,11,20,22H,3-8,10,12-19,21,23-27H2,1-2H3/b11-9+,22-20-. The van der Waals surface area contributed by atoms with Gasteiger partial charge in [-0.15, -0.1) is 0 Å². The van der Waals surface area contributed by atoms with Crippen LogP contribution in [0.5, 0.6) is 0 Å². The second kappa shape index (κ2) is 27.4. The van der Waals surface area contributed by atoms with Crippen molar-refractivity contribution in [2.75, 3.05) is 20.0 Å². The first kappa shape index (κ1) is 28.4. The van der Waals surface area contributed by atoms with Gasteiger partial charge in [0.15, 0.2) is 0 Å². The zero-order valence-corrected chi connectivity index (χ0v) is 20.0. The molecule has 0 spiro atoms. The van der Waals surface area contributed by atoms with Crippen LogP contribution in [-0.4, -0.2) is 20.0 Å². The van der Waals surface area contributed by atoms with Crippen LogP contribution in [0.3, 0.4) is 0 Å². The molecule has 0 fully saturated rings. The Morgan fingerprint density at radius 2 is 0.862 bits per heavy atom. The van der Waals surface area contributed by atoms with Crippen molar-refractivity contribution in [2.45, 2.75) is 129 Å². The summed E-state index contributed by atoms with van der Waals surface area (Å²) in [5.74, 6) is 0. The van der Waals surface area contributed by atoms with Crippen LogP contribution in [0.15, 0.2) is 24.3 Å². The molecule has 0 aromatic carbocycles. The minimum absolute atomic E-state index is 0.456. The van der Waals surface area contributed by atoms with Crippen molar-refractivity contribution >= 4 is 0 Å². The summed E-state index contributed by atoms with van der Waals surface area (Å²) in [6.07, 6.45) is 32.9. The van der Waals surface area contributed by atoms with Crippen molar-refractivity contribution in [3.8, 4) is 0 Å². The second-order valence-electron chi connectivity index (χ2n) is 8.27. The van der Waals surface area contributed by atoms with E-state index in [1.165, 1.54) is 109 Å². The number of hydrogen-bond acceptors (Lipinski definition) is 2. The van der Waals surface area contributed by atoms with Crippen LogP contribution in [0.2, 0.25) is 0 Å². The minimum atomic E-state index is 0.456. The van der Waals surface area contributed by atoms with Gasteiger partial charge in [-0.2, -0.15) is 0 Å². The van der Waals surface area contributed by atoms with Crippen molar-refractivity contribution in [2.24, 2.45) is 0 Å². The third-order valence-corrected chi connectivity index (χ3v) is 5.29. The van der Waals surface area contributed by atoms with Crippen LogP contribution in [-0.2, 0) is 9.47 Å². The average Bonchev–Trinajstić information content (AvgIpc) is 2.74. The lowest BCUT2D eigenvalue weighted by atomic mass is 10.1. The highest BCUT2D eigenvalue weighted by Gasteiger charge is 1.92. The maximum absolute atomic E-state index is 5.52. The third kappa shape index (κ3) is 27.4. The number of allylic oxidation sites excluding steroid dienone is 3. The molecule has 0 rings (SSSR count). The highest BCUT2D eigenvalue weighted by atomic mass is 16.7. The quantitative estimate of drug-likeness (QED) is 0.0900. The second-order valence-corrected chi connectivity index (χ2v) is 8.27. The van der Waals surface area contributed by atoms with E-state index in [0.29, 0.717) is 6.79 Å². The summed E-state index contributed by atoms with van der Waals surface area (Å²) in [7, 11) is 0. The molecule has 0 aliphatic carbocycles. The van der Waals surface area contributed by atoms with E-state index in [1.54, 1.807) is 0 Å². The Hall–Kier alpha value is -0.600. The maximum Gasteiger partial charge on any atom is 0.146 e. The first-order chi connectivity index (χ1) is 14.4. The van der Waals surface area contributed by atoms with Crippen molar-refractivity contribution in [1.82, 2.24) is 0 Å². The van der Waals surface area contributed by atoms with Gasteiger partial charge in [0.25, 0.3) is 0 Å². The lowest BCUT2D eigenvalue weighted by molar-refractivity contribution is -0.0531. The molecule has 0 bridgehead atoms. The average molecular weight is 409 g/mol.